The Balaban J connectivity index is 1.75. The van der Waals surface area contributed by atoms with E-state index < -0.39 is 0 Å². The molecule has 0 amide bonds. The molecule has 0 aliphatic carbocycles. The van der Waals surface area contributed by atoms with Crippen molar-refractivity contribution in [2.24, 2.45) is 4.99 Å². The van der Waals surface area contributed by atoms with Crippen molar-refractivity contribution in [2.75, 3.05) is 39.3 Å². The Morgan fingerprint density at radius 3 is 2.90 bits per heavy atom. The highest BCUT2D eigenvalue weighted by Gasteiger charge is 2.29. The number of aromatic nitrogens is 1. The highest BCUT2D eigenvalue weighted by Crippen LogP contribution is 2.31. The minimum absolute atomic E-state index is 0.0792. The topological polar surface area (TPSA) is 61.8 Å². The maximum atomic E-state index is 14.8. The molecule has 1 aromatic carbocycles. The number of aliphatic imine (C=N–C) groups is 1. The molecule has 0 radical (unpaired) electrons. The van der Waals surface area contributed by atoms with Gasteiger partial charge in [0.15, 0.2) is 5.96 Å². The van der Waals surface area contributed by atoms with Crippen molar-refractivity contribution < 1.29 is 9.13 Å². The van der Waals surface area contributed by atoms with E-state index >= 15 is 0 Å². The van der Waals surface area contributed by atoms with Crippen molar-refractivity contribution in [3.05, 3.63) is 64.7 Å². The van der Waals surface area contributed by atoms with Gasteiger partial charge in [-0.2, -0.15) is 0 Å². The van der Waals surface area contributed by atoms with Crippen LogP contribution in [0.3, 0.4) is 0 Å². The first-order chi connectivity index (χ1) is 15.1. The molecule has 2 heterocycles. The first kappa shape index (κ1) is 23.4. The van der Waals surface area contributed by atoms with Gasteiger partial charge in [-0.05, 0) is 38.1 Å². The number of halogens is 2. The second-order valence-corrected chi connectivity index (χ2v) is 7.95. The van der Waals surface area contributed by atoms with Crippen LogP contribution < -0.4 is 10.6 Å². The summed E-state index contributed by atoms with van der Waals surface area (Å²) in [5.74, 6) is 0.386. The lowest BCUT2D eigenvalue weighted by molar-refractivity contribution is -0.0336. The third-order valence-electron chi connectivity index (χ3n) is 5.21. The van der Waals surface area contributed by atoms with Gasteiger partial charge in [0.2, 0.25) is 0 Å². The minimum atomic E-state index is -0.306. The lowest BCUT2D eigenvalue weighted by Crippen LogP contribution is -2.45. The van der Waals surface area contributed by atoms with Crippen LogP contribution in [-0.4, -0.2) is 61.3 Å². The predicted molar refractivity (Wildman–Crippen MR) is 123 cm³/mol. The van der Waals surface area contributed by atoms with Crippen molar-refractivity contribution >= 4 is 17.6 Å². The number of ether oxygens (including phenoxy) is 1. The number of morpholine rings is 1. The number of nitrogens with zero attached hydrogens (tertiary/aromatic N) is 3. The molecule has 2 unspecified atom stereocenters. The smallest absolute Gasteiger partial charge is 0.191 e. The number of pyridine rings is 1. The van der Waals surface area contributed by atoms with Crippen molar-refractivity contribution in [1.29, 1.82) is 0 Å². The van der Waals surface area contributed by atoms with Crippen molar-refractivity contribution in [3.63, 3.8) is 0 Å². The zero-order chi connectivity index (χ0) is 22.1. The van der Waals surface area contributed by atoms with Crippen LogP contribution in [0.5, 0.6) is 0 Å². The highest BCUT2D eigenvalue weighted by molar-refractivity contribution is 6.31. The van der Waals surface area contributed by atoms with Crippen LogP contribution in [-0.2, 0) is 11.2 Å². The van der Waals surface area contributed by atoms with Crippen LogP contribution in [0.25, 0.3) is 0 Å². The Labute approximate surface area is 188 Å². The molecule has 2 atom stereocenters. The Hall–Kier alpha value is -2.22. The molecule has 2 N–H and O–H groups in total. The van der Waals surface area contributed by atoms with E-state index in [1.807, 2.05) is 32.0 Å². The summed E-state index contributed by atoms with van der Waals surface area (Å²) in [5, 5.41) is 7.03. The fourth-order valence-electron chi connectivity index (χ4n) is 3.72. The molecule has 6 nitrogen and oxygen atoms in total. The molecule has 1 aliphatic heterocycles. The van der Waals surface area contributed by atoms with E-state index in [2.05, 4.69) is 20.5 Å². The molecule has 1 fully saturated rings. The summed E-state index contributed by atoms with van der Waals surface area (Å²) < 4.78 is 20.5. The zero-order valence-corrected chi connectivity index (χ0v) is 18.9. The Kier molecular flexibility index (Phi) is 9.06. The van der Waals surface area contributed by atoms with Crippen LogP contribution in [0.1, 0.15) is 31.1 Å². The van der Waals surface area contributed by atoms with E-state index in [-0.39, 0.29) is 18.0 Å². The third kappa shape index (κ3) is 6.89. The van der Waals surface area contributed by atoms with E-state index in [1.165, 1.54) is 6.07 Å². The fraction of sp³-hybridized carbons (Fsp3) is 0.478. The van der Waals surface area contributed by atoms with Gasteiger partial charge in [0, 0.05) is 55.1 Å². The van der Waals surface area contributed by atoms with E-state index in [0.29, 0.717) is 49.3 Å². The monoisotopic (exact) mass is 447 g/mol. The second kappa shape index (κ2) is 12.0. The second-order valence-electron chi connectivity index (χ2n) is 7.54. The minimum Gasteiger partial charge on any atom is -0.376 e. The molecule has 1 aromatic heterocycles. The van der Waals surface area contributed by atoms with Crippen LogP contribution in [0, 0.1) is 5.82 Å². The Morgan fingerprint density at radius 2 is 2.19 bits per heavy atom. The molecule has 0 bridgehead atoms. The SMILES string of the molecule is CCNC(=NCC(c1c(F)cccc1Cl)N1CCOC(C)C1)NCCc1ccccn1. The number of hydrogen-bond donors (Lipinski definition) is 2. The van der Waals surface area contributed by atoms with Gasteiger partial charge in [0.1, 0.15) is 5.82 Å². The molecule has 0 saturated carbocycles. The highest BCUT2D eigenvalue weighted by atomic mass is 35.5. The first-order valence-electron chi connectivity index (χ1n) is 10.8. The largest absolute Gasteiger partial charge is 0.376 e. The van der Waals surface area contributed by atoms with Crippen LogP contribution in [0.2, 0.25) is 5.02 Å². The zero-order valence-electron chi connectivity index (χ0n) is 18.2. The van der Waals surface area contributed by atoms with Gasteiger partial charge in [-0.3, -0.25) is 14.9 Å². The normalized spacial score (nSPS) is 18.6. The predicted octanol–water partition coefficient (Wildman–Crippen LogP) is 3.43. The molecule has 168 valence electrons. The molecular weight excluding hydrogens is 417 g/mol. The number of nitrogens with one attached hydrogen (secondary N) is 2. The summed E-state index contributed by atoms with van der Waals surface area (Å²) in [6.45, 7) is 7.87. The number of hydrogen-bond acceptors (Lipinski definition) is 4. The quantitative estimate of drug-likeness (QED) is 0.479. The standard InChI is InChI=1S/C23H31ClFN5O/c1-3-26-23(28-12-10-18-7-4-5-11-27-18)29-15-21(30-13-14-31-17(2)16-30)22-19(24)8-6-9-20(22)25/h4-9,11,17,21H,3,10,12-16H2,1-2H3,(H2,26,28,29). The van der Waals surface area contributed by atoms with Crippen molar-refractivity contribution in [2.45, 2.75) is 32.4 Å². The van der Waals surface area contributed by atoms with Crippen LogP contribution in [0.4, 0.5) is 4.39 Å². The van der Waals surface area contributed by atoms with Gasteiger partial charge in [0.25, 0.3) is 0 Å². The van der Waals surface area contributed by atoms with Gasteiger partial charge in [-0.1, -0.05) is 23.7 Å². The maximum absolute atomic E-state index is 14.8. The average molecular weight is 448 g/mol. The molecule has 8 heteroatoms. The van der Waals surface area contributed by atoms with E-state index in [0.717, 1.165) is 18.7 Å². The first-order valence-corrected chi connectivity index (χ1v) is 11.2. The Bertz CT molecular complexity index is 831. The summed E-state index contributed by atoms with van der Waals surface area (Å²) >= 11 is 6.42. The number of guanidine groups is 1. The third-order valence-corrected chi connectivity index (χ3v) is 5.54. The molecule has 3 rings (SSSR count). The van der Waals surface area contributed by atoms with Gasteiger partial charge < -0.3 is 15.4 Å². The fourth-order valence-corrected chi connectivity index (χ4v) is 4.01. The van der Waals surface area contributed by atoms with Crippen LogP contribution in [0.15, 0.2) is 47.6 Å². The average Bonchev–Trinajstić information content (AvgIpc) is 2.76. The molecule has 0 spiro atoms. The van der Waals surface area contributed by atoms with E-state index in [1.54, 1.807) is 18.3 Å². The van der Waals surface area contributed by atoms with E-state index in [4.69, 9.17) is 21.3 Å². The number of benzene rings is 1. The summed E-state index contributed by atoms with van der Waals surface area (Å²) in [6, 6.07) is 10.4. The van der Waals surface area contributed by atoms with Crippen molar-refractivity contribution in [1.82, 2.24) is 20.5 Å². The Morgan fingerprint density at radius 1 is 1.32 bits per heavy atom. The van der Waals surface area contributed by atoms with Crippen molar-refractivity contribution in [3.8, 4) is 0 Å². The molecule has 1 aliphatic rings. The molecular formula is C23H31ClFN5O. The lowest BCUT2D eigenvalue weighted by Gasteiger charge is -2.37. The summed E-state index contributed by atoms with van der Waals surface area (Å²) in [5.41, 5.74) is 1.51. The number of rotatable bonds is 8. The van der Waals surface area contributed by atoms with Gasteiger partial charge in [-0.15, -0.1) is 0 Å². The summed E-state index contributed by atoms with van der Waals surface area (Å²) in [4.78, 5) is 11.3. The van der Waals surface area contributed by atoms with E-state index in [9.17, 15) is 4.39 Å². The van der Waals surface area contributed by atoms with Gasteiger partial charge in [0.05, 0.1) is 25.3 Å². The maximum Gasteiger partial charge on any atom is 0.191 e. The summed E-state index contributed by atoms with van der Waals surface area (Å²) in [7, 11) is 0. The van der Waals surface area contributed by atoms with Gasteiger partial charge >= 0.3 is 0 Å². The van der Waals surface area contributed by atoms with Gasteiger partial charge in [-0.25, -0.2) is 4.39 Å². The summed E-state index contributed by atoms with van der Waals surface area (Å²) in [6.07, 6.45) is 2.66. The van der Waals surface area contributed by atoms with Crippen LogP contribution >= 0.6 is 11.6 Å². The molecule has 1 saturated heterocycles. The lowest BCUT2D eigenvalue weighted by atomic mass is 10.0. The molecule has 2 aromatic rings. The molecule has 31 heavy (non-hydrogen) atoms.